The molecule has 1 saturated heterocycles. The third-order valence-corrected chi connectivity index (χ3v) is 5.02. The second-order valence-corrected chi connectivity index (χ2v) is 6.80. The van der Waals surface area contributed by atoms with Crippen molar-refractivity contribution in [2.45, 2.75) is 26.7 Å². The Balaban J connectivity index is 1.52. The summed E-state index contributed by atoms with van der Waals surface area (Å²) < 4.78 is 6.57. The van der Waals surface area contributed by atoms with Gasteiger partial charge in [0.1, 0.15) is 6.54 Å². The number of aryl methyl sites for hydroxylation is 2. The highest BCUT2D eigenvalue weighted by Gasteiger charge is 2.47. The van der Waals surface area contributed by atoms with Crippen LogP contribution in [0.3, 0.4) is 0 Å². The normalized spacial score (nSPS) is 21.4. The number of esters is 1. The number of nitrogens with zero attached hydrogens (tertiary/aromatic N) is 3. The molecule has 1 fully saturated rings. The molecule has 0 radical (unpaired) electrons. The lowest BCUT2D eigenvalue weighted by atomic mass is 9.85. The predicted octanol–water partition coefficient (Wildman–Crippen LogP) is 0.470. The number of carbonyl (C=O) groups is 4. The van der Waals surface area contributed by atoms with Crippen LogP contribution in [-0.4, -0.2) is 51.5 Å². The van der Waals surface area contributed by atoms with Crippen molar-refractivity contribution in [3.63, 3.8) is 0 Å². The first-order valence-electron chi connectivity index (χ1n) is 8.75. The molecule has 2 atom stereocenters. The molecule has 27 heavy (non-hydrogen) atoms. The molecule has 1 N–H and O–H groups in total. The summed E-state index contributed by atoms with van der Waals surface area (Å²) in [4.78, 5) is 49.6. The van der Waals surface area contributed by atoms with E-state index in [0.29, 0.717) is 24.2 Å². The van der Waals surface area contributed by atoms with E-state index in [1.807, 2.05) is 12.2 Å². The Morgan fingerprint density at radius 3 is 2.30 bits per heavy atom. The zero-order valence-electron chi connectivity index (χ0n) is 15.5. The molecule has 144 valence electrons. The lowest BCUT2D eigenvalue weighted by Crippen LogP contribution is -2.37. The molecule has 9 heteroatoms. The Morgan fingerprint density at radius 2 is 1.78 bits per heavy atom. The van der Waals surface area contributed by atoms with Gasteiger partial charge in [-0.25, -0.2) is 0 Å². The summed E-state index contributed by atoms with van der Waals surface area (Å²) >= 11 is 0. The minimum atomic E-state index is -0.793. The number of ether oxygens (including phenoxy) is 1. The summed E-state index contributed by atoms with van der Waals surface area (Å²) in [5, 5.41) is 6.84. The fraction of sp³-hybridized carbons (Fsp3) is 0.500. The zero-order valence-corrected chi connectivity index (χ0v) is 15.5. The Bertz CT molecular complexity index is 815. The van der Waals surface area contributed by atoms with Crippen molar-refractivity contribution in [2.24, 2.45) is 18.9 Å². The number of aromatic nitrogens is 2. The molecule has 9 nitrogen and oxygen atoms in total. The van der Waals surface area contributed by atoms with Crippen LogP contribution in [-0.2, 0) is 31.0 Å². The van der Waals surface area contributed by atoms with Gasteiger partial charge in [-0.2, -0.15) is 5.10 Å². The summed E-state index contributed by atoms with van der Waals surface area (Å²) in [6, 6.07) is 0. The number of hydrogen-bond acceptors (Lipinski definition) is 6. The average Bonchev–Trinajstić information content (AvgIpc) is 3.02. The van der Waals surface area contributed by atoms with E-state index in [0.717, 1.165) is 10.6 Å². The number of anilines is 1. The molecule has 3 amide bonds. The first-order valence-corrected chi connectivity index (χ1v) is 8.75. The fourth-order valence-electron chi connectivity index (χ4n) is 3.48. The molecule has 0 unspecified atom stereocenters. The van der Waals surface area contributed by atoms with E-state index in [1.165, 1.54) is 0 Å². The molecule has 0 spiro atoms. The maximum atomic E-state index is 12.3. The van der Waals surface area contributed by atoms with Crippen molar-refractivity contribution in [3.05, 3.63) is 23.5 Å². The number of hydrogen-bond donors (Lipinski definition) is 1. The van der Waals surface area contributed by atoms with Gasteiger partial charge in [0.15, 0.2) is 6.61 Å². The topological polar surface area (TPSA) is 111 Å². The minimum absolute atomic E-state index is 0.350. The molecular weight excluding hydrogens is 352 g/mol. The van der Waals surface area contributed by atoms with Crippen molar-refractivity contribution >= 4 is 29.4 Å². The second-order valence-electron chi connectivity index (χ2n) is 6.80. The number of amides is 3. The minimum Gasteiger partial charge on any atom is -0.454 e. The van der Waals surface area contributed by atoms with E-state index in [2.05, 4.69) is 10.4 Å². The standard InChI is InChI=1S/C18H22N4O5/c1-10-16(11(2)21(3)20-10)19-14(23)9-27-15(24)8-22-17(25)12-6-4-5-7-13(12)18(22)26/h4-5,12-13H,6-9H2,1-3H3,(H,19,23)/t12-,13+. The van der Waals surface area contributed by atoms with E-state index in [-0.39, 0.29) is 11.8 Å². The van der Waals surface area contributed by atoms with Crippen molar-refractivity contribution < 1.29 is 23.9 Å². The Morgan fingerprint density at radius 1 is 1.19 bits per heavy atom. The summed E-state index contributed by atoms with van der Waals surface area (Å²) in [6.07, 6.45) is 4.77. The van der Waals surface area contributed by atoms with E-state index in [1.54, 1.807) is 25.6 Å². The van der Waals surface area contributed by atoms with Gasteiger partial charge in [-0.05, 0) is 26.7 Å². The average molecular weight is 374 g/mol. The fourth-order valence-corrected chi connectivity index (χ4v) is 3.48. The second kappa shape index (κ2) is 7.34. The van der Waals surface area contributed by atoms with Gasteiger partial charge >= 0.3 is 5.97 Å². The van der Waals surface area contributed by atoms with Crippen LogP contribution < -0.4 is 5.32 Å². The Labute approximate surface area is 156 Å². The van der Waals surface area contributed by atoms with E-state index in [9.17, 15) is 19.2 Å². The van der Waals surface area contributed by atoms with Crippen LogP contribution >= 0.6 is 0 Å². The number of imide groups is 1. The lowest BCUT2D eigenvalue weighted by Gasteiger charge is -2.14. The number of fused-ring (bicyclic) bond motifs is 1. The van der Waals surface area contributed by atoms with E-state index >= 15 is 0 Å². The van der Waals surface area contributed by atoms with Gasteiger partial charge in [-0.15, -0.1) is 0 Å². The van der Waals surface area contributed by atoms with Crippen molar-refractivity contribution in [1.82, 2.24) is 14.7 Å². The molecule has 2 heterocycles. The highest BCUT2D eigenvalue weighted by molar-refractivity contribution is 6.07. The van der Waals surface area contributed by atoms with Crippen LogP contribution in [0.2, 0.25) is 0 Å². The maximum Gasteiger partial charge on any atom is 0.326 e. The summed E-state index contributed by atoms with van der Waals surface area (Å²) in [7, 11) is 1.76. The molecule has 0 saturated carbocycles. The molecular formula is C18H22N4O5. The SMILES string of the molecule is Cc1nn(C)c(C)c1NC(=O)COC(=O)CN1C(=O)[C@H]2CC=CC[C@H]2C1=O. The molecule has 1 aromatic rings. The summed E-state index contributed by atoms with van der Waals surface area (Å²) in [5.41, 5.74) is 2.00. The molecule has 2 aliphatic rings. The van der Waals surface area contributed by atoms with Gasteiger partial charge in [-0.1, -0.05) is 12.2 Å². The Hall–Kier alpha value is -2.97. The van der Waals surface area contributed by atoms with Gasteiger partial charge in [0.05, 0.1) is 28.9 Å². The Kier molecular flexibility index (Phi) is 5.11. The smallest absolute Gasteiger partial charge is 0.326 e. The number of allylic oxidation sites excluding steroid dienone is 2. The van der Waals surface area contributed by atoms with Gasteiger partial charge in [-0.3, -0.25) is 28.8 Å². The third kappa shape index (κ3) is 3.62. The van der Waals surface area contributed by atoms with Gasteiger partial charge in [0.2, 0.25) is 11.8 Å². The number of likely N-dealkylation sites (tertiary alicyclic amines) is 1. The van der Waals surface area contributed by atoms with Gasteiger partial charge in [0, 0.05) is 7.05 Å². The van der Waals surface area contributed by atoms with Crippen molar-refractivity contribution in [3.8, 4) is 0 Å². The monoisotopic (exact) mass is 374 g/mol. The highest BCUT2D eigenvalue weighted by Crippen LogP contribution is 2.34. The number of nitrogens with one attached hydrogen (secondary N) is 1. The molecule has 1 aromatic heterocycles. The van der Waals surface area contributed by atoms with Crippen LogP contribution in [0.1, 0.15) is 24.2 Å². The number of carbonyl (C=O) groups excluding carboxylic acids is 4. The third-order valence-electron chi connectivity index (χ3n) is 5.02. The van der Waals surface area contributed by atoms with Crippen LogP contribution in [0.5, 0.6) is 0 Å². The van der Waals surface area contributed by atoms with E-state index < -0.39 is 36.9 Å². The molecule has 3 rings (SSSR count). The largest absolute Gasteiger partial charge is 0.454 e. The summed E-state index contributed by atoms with van der Waals surface area (Å²) in [6.45, 7) is 2.59. The molecule has 0 bridgehead atoms. The quantitative estimate of drug-likeness (QED) is 0.456. The van der Waals surface area contributed by atoms with Crippen LogP contribution in [0.15, 0.2) is 12.2 Å². The first kappa shape index (κ1) is 18.8. The van der Waals surface area contributed by atoms with E-state index in [4.69, 9.17) is 4.74 Å². The lowest BCUT2D eigenvalue weighted by molar-refractivity contribution is -0.154. The zero-order chi connectivity index (χ0) is 19.7. The van der Waals surface area contributed by atoms with Crippen molar-refractivity contribution in [1.29, 1.82) is 0 Å². The summed E-state index contributed by atoms with van der Waals surface area (Å²) in [5.74, 6) is -2.79. The van der Waals surface area contributed by atoms with Crippen molar-refractivity contribution in [2.75, 3.05) is 18.5 Å². The molecule has 0 aromatic carbocycles. The van der Waals surface area contributed by atoms with Gasteiger partial charge < -0.3 is 10.1 Å². The van der Waals surface area contributed by atoms with Crippen LogP contribution in [0.4, 0.5) is 5.69 Å². The van der Waals surface area contributed by atoms with Gasteiger partial charge in [0.25, 0.3) is 5.91 Å². The maximum absolute atomic E-state index is 12.3. The van der Waals surface area contributed by atoms with Crippen LogP contribution in [0, 0.1) is 25.7 Å². The first-order chi connectivity index (χ1) is 12.8. The molecule has 1 aliphatic carbocycles. The predicted molar refractivity (Wildman–Crippen MR) is 94.3 cm³/mol. The number of rotatable bonds is 5. The highest BCUT2D eigenvalue weighted by atomic mass is 16.5. The van der Waals surface area contributed by atoms with Crippen LogP contribution in [0.25, 0.3) is 0 Å². The molecule has 1 aliphatic heterocycles.